The molecule has 0 amide bonds. The minimum absolute atomic E-state index is 0.314. The van der Waals surface area contributed by atoms with Crippen molar-refractivity contribution >= 4 is 0 Å². The molecule has 8 heteroatoms. The van der Waals surface area contributed by atoms with E-state index in [1.807, 2.05) is 24.3 Å². The van der Waals surface area contributed by atoms with Crippen molar-refractivity contribution in [2.75, 3.05) is 40.0 Å². The van der Waals surface area contributed by atoms with Crippen LogP contribution in [-0.4, -0.2) is 76.3 Å². The van der Waals surface area contributed by atoms with Crippen molar-refractivity contribution < 1.29 is 14.6 Å². The molecule has 2 aromatic rings. The molecule has 1 N–H and O–H groups in total. The van der Waals surface area contributed by atoms with Crippen molar-refractivity contribution in [2.45, 2.75) is 12.6 Å². The number of nitrogens with zero attached hydrogens (tertiary/aromatic N) is 5. The second-order valence-corrected chi connectivity index (χ2v) is 5.47. The smallest absolute Gasteiger partial charge is 0.205 e. The standard InChI is InChI=1S/C15H21N5O3/c1-22-14-4-2-3-12(9-14)15-16-18-20(17-15)11-13(21)10-19-5-7-23-8-6-19/h2-4,9,13,21H,5-8,10-11H2,1H3/t13-/m1/s1. The maximum absolute atomic E-state index is 10.2. The average molecular weight is 319 g/mol. The van der Waals surface area contributed by atoms with Crippen LogP contribution in [0.2, 0.25) is 0 Å². The lowest BCUT2D eigenvalue weighted by atomic mass is 10.2. The molecular weight excluding hydrogens is 298 g/mol. The average Bonchev–Trinajstić information content (AvgIpc) is 3.04. The lowest BCUT2D eigenvalue weighted by molar-refractivity contribution is 0.00988. The molecule has 1 aliphatic heterocycles. The number of aromatic nitrogens is 4. The van der Waals surface area contributed by atoms with E-state index in [1.54, 1.807) is 7.11 Å². The number of hydrogen-bond donors (Lipinski definition) is 1. The van der Waals surface area contributed by atoms with Gasteiger partial charge in [-0.3, -0.25) is 4.90 Å². The summed E-state index contributed by atoms with van der Waals surface area (Å²) in [6, 6.07) is 7.49. The van der Waals surface area contributed by atoms with Crippen LogP contribution in [0.15, 0.2) is 24.3 Å². The van der Waals surface area contributed by atoms with Crippen molar-refractivity contribution in [2.24, 2.45) is 0 Å². The van der Waals surface area contributed by atoms with Crippen LogP contribution in [0.3, 0.4) is 0 Å². The highest BCUT2D eigenvalue weighted by Crippen LogP contribution is 2.19. The molecule has 124 valence electrons. The first kappa shape index (κ1) is 15.9. The van der Waals surface area contributed by atoms with Crippen LogP contribution in [0.25, 0.3) is 11.4 Å². The number of ether oxygens (including phenoxy) is 2. The van der Waals surface area contributed by atoms with Gasteiger partial charge in [0.05, 0.1) is 33.0 Å². The first-order valence-electron chi connectivity index (χ1n) is 7.65. The number of morpholine rings is 1. The third-order valence-electron chi connectivity index (χ3n) is 3.73. The second-order valence-electron chi connectivity index (χ2n) is 5.47. The predicted molar refractivity (Wildman–Crippen MR) is 83.1 cm³/mol. The minimum Gasteiger partial charge on any atom is -0.497 e. The van der Waals surface area contributed by atoms with Gasteiger partial charge in [-0.15, -0.1) is 10.2 Å². The highest BCUT2D eigenvalue weighted by Gasteiger charge is 2.16. The lowest BCUT2D eigenvalue weighted by Gasteiger charge is -2.28. The first-order chi connectivity index (χ1) is 11.2. The largest absolute Gasteiger partial charge is 0.497 e. The van der Waals surface area contributed by atoms with Crippen LogP contribution >= 0.6 is 0 Å². The number of aliphatic hydroxyl groups excluding tert-OH is 1. The number of benzene rings is 1. The van der Waals surface area contributed by atoms with Gasteiger partial charge >= 0.3 is 0 Å². The quantitative estimate of drug-likeness (QED) is 0.804. The molecule has 23 heavy (non-hydrogen) atoms. The zero-order valence-electron chi connectivity index (χ0n) is 13.1. The molecule has 0 saturated carbocycles. The predicted octanol–water partition coefficient (Wildman–Crippen LogP) is 0.0418. The molecular formula is C15H21N5O3. The van der Waals surface area contributed by atoms with Crippen LogP contribution in [0.1, 0.15) is 0 Å². The summed E-state index contributed by atoms with van der Waals surface area (Å²) in [7, 11) is 1.62. The van der Waals surface area contributed by atoms with E-state index in [4.69, 9.17) is 9.47 Å². The van der Waals surface area contributed by atoms with E-state index in [1.165, 1.54) is 4.80 Å². The number of hydrogen-bond acceptors (Lipinski definition) is 7. The van der Waals surface area contributed by atoms with E-state index in [0.29, 0.717) is 32.1 Å². The molecule has 1 saturated heterocycles. The van der Waals surface area contributed by atoms with E-state index in [2.05, 4.69) is 20.3 Å². The highest BCUT2D eigenvalue weighted by atomic mass is 16.5. The van der Waals surface area contributed by atoms with Gasteiger partial charge in [-0.2, -0.15) is 4.80 Å². The molecule has 2 heterocycles. The van der Waals surface area contributed by atoms with E-state index in [0.717, 1.165) is 24.4 Å². The van der Waals surface area contributed by atoms with E-state index in [-0.39, 0.29) is 0 Å². The molecule has 1 fully saturated rings. The van der Waals surface area contributed by atoms with Crippen LogP contribution in [-0.2, 0) is 11.3 Å². The second kappa shape index (κ2) is 7.49. The Morgan fingerprint density at radius 1 is 1.30 bits per heavy atom. The topological polar surface area (TPSA) is 85.5 Å². The zero-order valence-corrected chi connectivity index (χ0v) is 13.1. The summed E-state index contributed by atoms with van der Waals surface area (Å²) in [6.07, 6.45) is -0.541. The van der Waals surface area contributed by atoms with Crippen LogP contribution in [0, 0.1) is 0 Å². The molecule has 1 aromatic carbocycles. The summed E-state index contributed by atoms with van der Waals surface area (Å²) in [5.74, 6) is 1.26. The summed E-state index contributed by atoms with van der Waals surface area (Å²) in [4.78, 5) is 3.61. The Kier molecular flexibility index (Phi) is 5.16. The molecule has 3 rings (SSSR count). The van der Waals surface area contributed by atoms with Gasteiger partial charge in [0.25, 0.3) is 0 Å². The summed E-state index contributed by atoms with van der Waals surface area (Å²) >= 11 is 0. The van der Waals surface area contributed by atoms with Gasteiger partial charge in [0.1, 0.15) is 5.75 Å². The summed E-state index contributed by atoms with van der Waals surface area (Å²) in [5.41, 5.74) is 0.832. The Hall–Kier alpha value is -2.03. The molecule has 1 atom stereocenters. The van der Waals surface area contributed by atoms with Gasteiger partial charge in [-0.05, 0) is 17.3 Å². The Morgan fingerprint density at radius 2 is 2.13 bits per heavy atom. The summed E-state index contributed by atoms with van der Waals surface area (Å²) < 4.78 is 10.5. The lowest BCUT2D eigenvalue weighted by Crippen LogP contribution is -2.42. The van der Waals surface area contributed by atoms with E-state index >= 15 is 0 Å². The van der Waals surface area contributed by atoms with Gasteiger partial charge in [0.2, 0.25) is 5.82 Å². The van der Waals surface area contributed by atoms with E-state index in [9.17, 15) is 5.11 Å². The number of methoxy groups -OCH3 is 1. The van der Waals surface area contributed by atoms with Crippen LogP contribution in [0.4, 0.5) is 0 Å². The van der Waals surface area contributed by atoms with Crippen molar-refractivity contribution in [1.29, 1.82) is 0 Å². The fraction of sp³-hybridized carbons (Fsp3) is 0.533. The normalized spacial score (nSPS) is 17.1. The fourth-order valence-corrected chi connectivity index (χ4v) is 2.53. The van der Waals surface area contributed by atoms with E-state index < -0.39 is 6.10 Å². The monoisotopic (exact) mass is 319 g/mol. The zero-order chi connectivity index (χ0) is 16.1. The molecule has 0 unspecified atom stereocenters. The number of rotatable bonds is 6. The highest BCUT2D eigenvalue weighted by molar-refractivity contribution is 5.56. The molecule has 1 aromatic heterocycles. The van der Waals surface area contributed by atoms with Gasteiger partial charge < -0.3 is 14.6 Å². The number of β-amino-alcohol motifs (C(OH)–C–C–N with tert-alkyl or cyclic N) is 1. The maximum Gasteiger partial charge on any atom is 0.205 e. The van der Waals surface area contributed by atoms with Crippen molar-refractivity contribution in [1.82, 2.24) is 25.1 Å². The summed E-state index contributed by atoms with van der Waals surface area (Å²) in [6.45, 7) is 4.02. The number of aliphatic hydroxyl groups is 1. The van der Waals surface area contributed by atoms with Crippen molar-refractivity contribution in [3.63, 3.8) is 0 Å². The Labute approximate surface area is 134 Å². The molecule has 0 aliphatic carbocycles. The Bertz CT molecular complexity index is 627. The van der Waals surface area contributed by atoms with Crippen molar-refractivity contribution in [3.05, 3.63) is 24.3 Å². The van der Waals surface area contributed by atoms with Gasteiger partial charge in [0, 0.05) is 25.2 Å². The minimum atomic E-state index is -0.541. The molecule has 8 nitrogen and oxygen atoms in total. The number of tetrazole rings is 1. The molecule has 0 radical (unpaired) electrons. The maximum atomic E-state index is 10.2. The summed E-state index contributed by atoms with van der Waals surface area (Å²) in [5, 5.41) is 22.6. The Morgan fingerprint density at radius 3 is 2.91 bits per heavy atom. The van der Waals surface area contributed by atoms with Crippen LogP contribution < -0.4 is 4.74 Å². The molecule has 0 spiro atoms. The van der Waals surface area contributed by atoms with Gasteiger partial charge in [-0.25, -0.2) is 0 Å². The third kappa shape index (κ3) is 4.25. The Balaban J connectivity index is 1.60. The van der Waals surface area contributed by atoms with Gasteiger partial charge in [-0.1, -0.05) is 12.1 Å². The first-order valence-corrected chi connectivity index (χ1v) is 7.65. The molecule has 1 aliphatic rings. The molecule has 0 bridgehead atoms. The van der Waals surface area contributed by atoms with Gasteiger partial charge in [0.15, 0.2) is 0 Å². The SMILES string of the molecule is COc1cccc(-c2nnn(C[C@H](O)CN3CCOCC3)n2)c1. The fourth-order valence-electron chi connectivity index (χ4n) is 2.53. The van der Waals surface area contributed by atoms with Crippen molar-refractivity contribution in [3.8, 4) is 17.1 Å². The van der Waals surface area contributed by atoms with Crippen LogP contribution in [0.5, 0.6) is 5.75 Å². The third-order valence-corrected chi connectivity index (χ3v) is 3.73.